The molecule has 0 aromatic heterocycles. The third-order valence-corrected chi connectivity index (χ3v) is 3.96. The minimum absolute atomic E-state index is 0.0595. The van der Waals surface area contributed by atoms with E-state index in [1.54, 1.807) is 43.3 Å². The van der Waals surface area contributed by atoms with Crippen LogP contribution in [-0.4, -0.2) is 23.4 Å². The van der Waals surface area contributed by atoms with Crippen LogP contribution in [0.25, 0.3) is 0 Å². The van der Waals surface area contributed by atoms with Crippen LogP contribution in [0.3, 0.4) is 0 Å². The Labute approximate surface area is 143 Å². The van der Waals surface area contributed by atoms with Crippen molar-refractivity contribution < 1.29 is 23.9 Å². The Morgan fingerprint density at radius 1 is 1.00 bits per heavy atom. The van der Waals surface area contributed by atoms with Crippen molar-refractivity contribution in [2.45, 2.75) is 13.3 Å². The largest absolute Gasteiger partial charge is 0.417 e. The molecule has 0 spiro atoms. The summed E-state index contributed by atoms with van der Waals surface area (Å²) >= 11 is 0. The van der Waals surface area contributed by atoms with Crippen molar-refractivity contribution in [1.82, 2.24) is 0 Å². The van der Waals surface area contributed by atoms with Gasteiger partial charge in [0.1, 0.15) is 11.7 Å². The van der Waals surface area contributed by atoms with E-state index < -0.39 is 29.4 Å². The maximum Gasteiger partial charge on any atom is 0.417 e. The van der Waals surface area contributed by atoms with Crippen molar-refractivity contribution in [3.8, 4) is 5.75 Å². The molecule has 0 saturated carbocycles. The normalized spacial score (nSPS) is 15.6. The number of para-hydroxylation sites is 1. The zero-order valence-corrected chi connectivity index (χ0v) is 13.4. The molecule has 126 valence electrons. The molecule has 1 unspecified atom stereocenters. The number of hydrogen-bond acceptors (Lipinski definition) is 5. The van der Waals surface area contributed by atoms with E-state index in [4.69, 9.17) is 4.74 Å². The van der Waals surface area contributed by atoms with Gasteiger partial charge in [-0.15, -0.1) is 0 Å². The predicted molar refractivity (Wildman–Crippen MR) is 90.0 cm³/mol. The molecule has 1 aliphatic carbocycles. The highest BCUT2D eigenvalue weighted by molar-refractivity contribution is 6.37. The third kappa shape index (κ3) is 3.06. The molecule has 6 heteroatoms. The first-order valence-electron chi connectivity index (χ1n) is 7.81. The molecule has 0 aliphatic heterocycles. The van der Waals surface area contributed by atoms with E-state index in [1.807, 2.05) is 0 Å². The van der Waals surface area contributed by atoms with Crippen molar-refractivity contribution in [2.24, 2.45) is 5.92 Å². The zero-order chi connectivity index (χ0) is 18.0. The summed E-state index contributed by atoms with van der Waals surface area (Å²) in [6, 6.07) is 12.9. The van der Waals surface area contributed by atoms with E-state index in [1.165, 1.54) is 12.1 Å². The first-order chi connectivity index (χ1) is 12.0. The van der Waals surface area contributed by atoms with Crippen LogP contribution >= 0.6 is 0 Å². The van der Waals surface area contributed by atoms with Crippen LogP contribution in [0.5, 0.6) is 5.75 Å². The fourth-order valence-electron chi connectivity index (χ4n) is 2.77. The van der Waals surface area contributed by atoms with Crippen LogP contribution in [-0.2, 0) is 4.79 Å². The van der Waals surface area contributed by atoms with Gasteiger partial charge >= 0.3 is 6.09 Å². The highest BCUT2D eigenvalue weighted by atomic mass is 16.6. The lowest BCUT2D eigenvalue weighted by atomic mass is 9.97. The van der Waals surface area contributed by atoms with Crippen LogP contribution in [0.4, 0.5) is 10.5 Å². The molecule has 1 atom stereocenters. The number of carbonyl (C=O) groups is 4. The average molecular weight is 337 g/mol. The van der Waals surface area contributed by atoms with Crippen molar-refractivity contribution >= 4 is 29.1 Å². The SMILES string of the molecule is CCC(=O)C1C(=O)c2cccc(NC(=O)Oc3ccccc3)c2C1=O. The molecule has 0 radical (unpaired) electrons. The van der Waals surface area contributed by atoms with Gasteiger partial charge < -0.3 is 4.74 Å². The van der Waals surface area contributed by atoms with Gasteiger partial charge in [0.2, 0.25) is 0 Å². The summed E-state index contributed by atoms with van der Waals surface area (Å²) < 4.78 is 5.12. The van der Waals surface area contributed by atoms with Gasteiger partial charge in [-0.05, 0) is 18.2 Å². The van der Waals surface area contributed by atoms with Gasteiger partial charge in [-0.1, -0.05) is 37.3 Å². The Morgan fingerprint density at radius 3 is 2.40 bits per heavy atom. The van der Waals surface area contributed by atoms with Crippen molar-refractivity contribution in [3.05, 3.63) is 59.7 Å². The van der Waals surface area contributed by atoms with Crippen LogP contribution in [0.15, 0.2) is 48.5 Å². The monoisotopic (exact) mass is 337 g/mol. The average Bonchev–Trinajstić information content (AvgIpc) is 2.87. The lowest BCUT2D eigenvalue weighted by Crippen LogP contribution is -2.25. The summed E-state index contributed by atoms with van der Waals surface area (Å²) in [4.78, 5) is 48.9. The Kier molecular flexibility index (Phi) is 4.43. The summed E-state index contributed by atoms with van der Waals surface area (Å²) in [5.74, 6) is -2.50. The quantitative estimate of drug-likeness (QED) is 0.865. The molecule has 0 heterocycles. The van der Waals surface area contributed by atoms with E-state index in [0.29, 0.717) is 5.75 Å². The van der Waals surface area contributed by atoms with E-state index >= 15 is 0 Å². The van der Waals surface area contributed by atoms with Gasteiger partial charge in [0.25, 0.3) is 0 Å². The second kappa shape index (κ2) is 6.68. The molecule has 0 saturated heterocycles. The Hall–Kier alpha value is -3.28. The number of rotatable bonds is 4. The maximum absolute atomic E-state index is 12.5. The van der Waals surface area contributed by atoms with Crippen molar-refractivity contribution in [3.63, 3.8) is 0 Å². The molecule has 3 rings (SSSR count). The number of anilines is 1. The minimum Gasteiger partial charge on any atom is -0.410 e. The first kappa shape index (κ1) is 16.6. The maximum atomic E-state index is 12.5. The summed E-state index contributed by atoms with van der Waals surface area (Å²) in [7, 11) is 0. The molecule has 2 aromatic rings. The standard InChI is InChI=1S/C19H15NO5/c1-2-14(21)16-17(22)12-9-6-10-13(15(12)18(16)23)20-19(24)25-11-7-4-3-5-8-11/h3-10,16H,2H2,1H3,(H,20,24). The summed E-state index contributed by atoms with van der Waals surface area (Å²) in [6.45, 7) is 1.60. The second-order valence-corrected chi connectivity index (χ2v) is 5.54. The van der Waals surface area contributed by atoms with Crippen molar-refractivity contribution in [2.75, 3.05) is 5.32 Å². The summed E-state index contributed by atoms with van der Waals surface area (Å²) in [5, 5.41) is 2.47. The topological polar surface area (TPSA) is 89.5 Å². The predicted octanol–water partition coefficient (Wildman–Crippen LogP) is 3.27. The van der Waals surface area contributed by atoms with Gasteiger partial charge in [-0.3, -0.25) is 19.7 Å². The number of Topliss-reactive ketones (excluding diaryl/α,β-unsaturated/α-hetero) is 3. The van der Waals surface area contributed by atoms with Gasteiger partial charge in [-0.2, -0.15) is 0 Å². The number of amides is 1. The van der Waals surface area contributed by atoms with Crippen LogP contribution in [0, 0.1) is 5.92 Å². The molecule has 1 N–H and O–H groups in total. The molecule has 1 aliphatic rings. The number of benzene rings is 2. The molecule has 2 aromatic carbocycles. The highest BCUT2D eigenvalue weighted by Crippen LogP contribution is 2.33. The lowest BCUT2D eigenvalue weighted by molar-refractivity contribution is -0.119. The number of carbonyl (C=O) groups excluding carboxylic acids is 4. The van der Waals surface area contributed by atoms with Gasteiger partial charge in [0.15, 0.2) is 17.3 Å². The molecule has 0 bridgehead atoms. The second-order valence-electron chi connectivity index (χ2n) is 5.54. The fourth-order valence-corrected chi connectivity index (χ4v) is 2.77. The van der Waals surface area contributed by atoms with Crippen LogP contribution in [0.1, 0.15) is 34.1 Å². The number of ketones is 3. The molecule has 25 heavy (non-hydrogen) atoms. The van der Waals surface area contributed by atoms with E-state index in [-0.39, 0.29) is 23.2 Å². The third-order valence-electron chi connectivity index (χ3n) is 3.96. The molecule has 6 nitrogen and oxygen atoms in total. The van der Waals surface area contributed by atoms with Gasteiger partial charge in [0.05, 0.1) is 11.3 Å². The smallest absolute Gasteiger partial charge is 0.410 e. The Bertz CT molecular complexity index is 873. The lowest BCUT2D eigenvalue weighted by Gasteiger charge is -2.09. The molecule has 0 fully saturated rings. The summed E-state index contributed by atoms with van der Waals surface area (Å²) in [5.41, 5.74) is 0.363. The molecular weight excluding hydrogens is 322 g/mol. The number of fused-ring (bicyclic) bond motifs is 1. The number of ether oxygens (including phenoxy) is 1. The van der Waals surface area contributed by atoms with Crippen LogP contribution in [0.2, 0.25) is 0 Å². The van der Waals surface area contributed by atoms with Gasteiger partial charge in [0, 0.05) is 12.0 Å². The Morgan fingerprint density at radius 2 is 1.72 bits per heavy atom. The number of hydrogen-bond donors (Lipinski definition) is 1. The molecule has 1 amide bonds. The van der Waals surface area contributed by atoms with E-state index in [9.17, 15) is 19.2 Å². The van der Waals surface area contributed by atoms with Crippen molar-refractivity contribution in [1.29, 1.82) is 0 Å². The van der Waals surface area contributed by atoms with Crippen LogP contribution < -0.4 is 10.1 Å². The Balaban J connectivity index is 1.86. The minimum atomic E-state index is -1.31. The van der Waals surface area contributed by atoms with E-state index in [2.05, 4.69) is 5.32 Å². The first-order valence-corrected chi connectivity index (χ1v) is 7.81. The summed E-state index contributed by atoms with van der Waals surface area (Å²) in [6.07, 6.45) is -0.695. The fraction of sp³-hybridized carbons (Fsp3) is 0.158. The molecular formula is C19H15NO5. The van der Waals surface area contributed by atoms with Gasteiger partial charge in [-0.25, -0.2) is 4.79 Å². The highest BCUT2D eigenvalue weighted by Gasteiger charge is 2.43. The number of nitrogens with one attached hydrogen (secondary N) is 1. The van der Waals surface area contributed by atoms with E-state index in [0.717, 1.165) is 0 Å². The zero-order valence-electron chi connectivity index (χ0n) is 13.4.